The monoisotopic (exact) mass is 487 g/mol. The number of piperazine rings is 1. The van der Waals surface area contributed by atoms with Crippen molar-refractivity contribution in [2.45, 2.75) is 24.7 Å². The van der Waals surface area contributed by atoms with Gasteiger partial charge in [0.15, 0.2) is 0 Å². The molecule has 2 fully saturated rings. The Morgan fingerprint density at radius 2 is 1.47 bits per heavy atom. The Kier molecular flexibility index (Phi) is 7.63. The first-order valence-corrected chi connectivity index (χ1v) is 13.3. The van der Waals surface area contributed by atoms with E-state index in [0.29, 0.717) is 51.4 Å². The second kappa shape index (κ2) is 10.7. The molecule has 184 valence electrons. The molecule has 2 aliphatic heterocycles. The second-order valence-electron chi connectivity index (χ2n) is 8.59. The normalized spacial score (nSPS) is 18.1. The molecule has 0 spiro atoms. The molecule has 4 rings (SSSR count). The molecule has 2 aromatic carbocycles. The Hall–Kier alpha value is -2.78. The van der Waals surface area contributed by atoms with E-state index in [1.807, 2.05) is 36.1 Å². The van der Waals surface area contributed by atoms with Crippen molar-refractivity contribution in [1.29, 1.82) is 0 Å². The van der Waals surface area contributed by atoms with Gasteiger partial charge in [-0.05, 0) is 68.3 Å². The molecule has 0 aromatic heterocycles. The summed E-state index contributed by atoms with van der Waals surface area (Å²) >= 11 is 0. The summed E-state index contributed by atoms with van der Waals surface area (Å²) in [5, 5.41) is 0. The molecule has 0 bridgehead atoms. The predicted octanol–water partition coefficient (Wildman–Crippen LogP) is 2.84. The molecule has 0 radical (unpaired) electrons. The number of sulfonamides is 1. The summed E-state index contributed by atoms with van der Waals surface area (Å²) < 4.78 is 38.2. The van der Waals surface area contributed by atoms with Gasteiger partial charge in [0.25, 0.3) is 0 Å². The number of benzene rings is 2. The summed E-state index contributed by atoms with van der Waals surface area (Å²) in [5.74, 6) is 1.50. The lowest BCUT2D eigenvalue weighted by Gasteiger charge is -2.39. The first kappa shape index (κ1) is 24.3. The Labute approximate surface area is 202 Å². The van der Waals surface area contributed by atoms with Crippen molar-refractivity contribution in [3.63, 3.8) is 0 Å². The quantitative estimate of drug-likeness (QED) is 0.598. The standard InChI is InChI=1S/C25H33N3O5S/c1-3-33-23-8-10-24(11-9-23)34(30,31)28-14-12-20(13-15-28)25(29)27-18-16-26(17-19-27)21-4-6-22(32-2)7-5-21/h4-11,20H,3,12-19H2,1-2H3. The van der Waals surface area contributed by atoms with Crippen molar-refractivity contribution >= 4 is 21.6 Å². The molecular weight excluding hydrogens is 454 g/mol. The van der Waals surface area contributed by atoms with Gasteiger partial charge in [0.1, 0.15) is 11.5 Å². The summed E-state index contributed by atoms with van der Waals surface area (Å²) in [6.45, 7) is 6.05. The van der Waals surface area contributed by atoms with Crippen LogP contribution in [-0.2, 0) is 14.8 Å². The van der Waals surface area contributed by atoms with Gasteiger partial charge in [-0.3, -0.25) is 4.79 Å². The lowest BCUT2D eigenvalue weighted by Crippen LogP contribution is -2.52. The van der Waals surface area contributed by atoms with Gasteiger partial charge < -0.3 is 19.3 Å². The number of methoxy groups -OCH3 is 1. The van der Waals surface area contributed by atoms with E-state index in [-0.39, 0.29) is 16.7 Å². The maximum Gasteiger partial charge on any atom is 0.243 e. The van der Waals surface area contributed by atoms with E-state index in [1.54, 1.807) is 31.4 Å². The highest BCUT2D eigenvalue weighted by atomic mass is 32.2. The minimum atomic E-state index is -3.57. The number of anilines is 1. The molecule has 0 unspecified atom stereocenters. The van der Waals surface area contributed by atoms with Crippen molar-refractivity contribution in [3.8, 4) is 11.5 Å². The molecule has 9 heteroatoms. The van der Waals surface area contributed by atoms with Gasteiger partial charge in [-0.25, -0.2) is 8.42 Å². The molecule has 0 saturated carbocycles. The first-order valence-electron chi connectivity index (χ1n) is 11.8. The van der Waals surface area contributed by atoms with Crippen LogP contribution in [0.2, 0.25) is 0 Å². The van der Waals surface area contributed by atoms with Gasteiger partial charge in [-0.2, -0.15) is 4.31 Å². The van der Waals surface area contributed by atoms with Crippen LogP contribution in [0.15, 0.2) is 53.4 Å². The van der Waals surface area contributed by atoms with E-state index < -0.39 is 10.0 Å². The lowest BCUT2D eigenvalue weighted by atomic mass is 9.96. The van der Waals surface area contributed by atoms with Crippen molar-refractivity contribution in [2.75, 3.05) is 57.9 Å². The van der Waals surface area contributed by atoms with E-state index >= 15 is 0 Å². The van der Waals surface area contributed by atoms with Crippen LogP contribution in [0.25, 0.3) is 0 Å². The van der Waals surface area contributed by atoms with Crippen LogP contribution in [0, 0.1) is 5.92 Å². The van der Waals surface area contributed by atoms with E-state index in [2.05, 4.69) is 4.90 Å². The molecule has 8 nitrogen and oxygen atoms in total. The van der Waals surface area contributed by atoms with Crippen LogP contribution >= 0.6 is 0 Å². The number of rotatable bonds is 7. The van der Waals surface area contributed by atoms with Crippen LogP contribution in [0.1, 0.15) is 19.8 Å². The second-order valence-corrected chi connectivity index (χ2v) is 10.5. The van der Waals surface area contributed by atoms with Gasteiger partial charge in [0, 0.05) is 50.9 Å². The van der Waals surface area contributed by atoms with Crippen LogP contribution < -0.4 is 14.4 Å². The fraction of sp³-hybridized carbons (Fsp3) is 0.480. The van der Waals surface area contributed by atoms with Gasteiger partial charge in [0.2, 0.25) is 15.9 Å². The third kappa shape index (κ3) is 5.31. The molecule has 0 aliphatic carbocycles. The highest BCUT2D eigenvalue weighted by Gasteiger charge is 2.34. The van der Waals surface area contributed by atoms with Crippen LogP contribution in [-0.4, -0.2) is 76.5 Å². The Bertz CT molecular complexity index is 1060. The SMILES string of the molecule is CCOc1ccc(S(=O)(=O)N2CCC(C(=O)N3CCN(c4ccc(OC)cc4)CC3)CC2)cc1. The van der Waals surface area contributed by atoms with E-state index in [0.717, 1.165) is 24.5 Å². The lowest BCUT2D eigenvalue weighted by molar-refractivity contribution is -0.137. The summed E-state index contributed by atoms with van der Waals surface area (Å²) in [4.78, 5) is 17.6. The Morgan fingerprint density at radius 3 is 2.03 bits per heavy atom. The number of hydrogen-bond donors (Lipinski definition) is 0. The number of piperidine rings is 1. The minimum absolute atomic E-state index is 0.126. The highest BCUT2D eigenvalue weighted by molar-refractivity contribution is 7.89. The third-order valence-corrected chi connectivity index (χ3v) is 8.52. The number of ether oxygens (including phenoxy) is 2. The zero-order valence-electron chi connectivity index (χ0n) is 19.9. The van der Waals surface area contributed by atoms with Crippen molar-refractivity contribution in [3.05, 3.63) is 48.5 Å². The smallest absolute Gasteiger partial charge is 0.243 e. The summed E-state index contributed by atoms with van der Waals surface area (Å²) in [6.07, 6.45) is 1.10. The molecule has 0 N–H and O–H groups in total. The average molecular weight is 488 g/mol. The van der Waals surface area contributed by atoms with Gasteiger partial charge in [-0.1, -0.05) is 0 Å². The number of amides is 1. The summed E-state index contributed by atoms with van der Waals surface area (Å²) in [7, 11) is -1.92. The summed E-state index contributed by atoms with van der Waals surface area (Å²) in [6, 6.07) is 14.5. The van der Waals surface area contributed by atoms with E-state index in [4.69, 9.17) is 9.47 Å². The first-order chi connectivity index (χ1) is 16.4. The van der Waals surface area contributed by atoms with Crippen LogP contribution in [0.4, 0.5) is 5.69 Å². The van der Waals surface area contributed by atoms with Gasteiger partial charge >= 0.3 is 0 Å². The maximum absolute atomic E-state index is 13.1. The van der Waals surface area contributed by atoms with Gasteiger partial charge in [-0.15, -0.1) is 0 Å². The molecule has 2 aliphatic rings. The largest absolute Gasteiger partial charge is 0.497 e. The molecule has 2 heterocycles. The zero-order chi connectivity index (χ0) is 24.1. The van der Waals surface area contributed by atoms with Crippen LogP contribution in [0.5, 0.6) is 11.5 Å². The zero-order valence-corrected chi connectivity index (χ0v) is 20.7. The predicted molar refractivity (Wildman–Crippen MR) is 131 cm³/mol. The minimum Gasteiger partial charge on any atom is -0.497 e. The molecule has 0 atom stereocenters. The number of nitrogens with zero attached hydrogens (tertiary/aromatic N) is 3. The summed E-state index contributed by atoms with van der Waals surface area (Å²) in [5.41, 5.74) is 1.13. The molecule has 2 aromatic rings. The highest BCUT2D eigenvalue weighted by Crippen LogP contribution is 2.27. The Morgan fingerprint density at radius 1 is 0.882 bits per heavy atom. The van der Waals surface area contributed by atoms with Gasteiger partial charge in [0.05, 0.1) is 18.6 Å². The number of carbonyl (C=O) groups is 1. The van der Waals surface area contributed by atoms with Crippen molar-refractivity contribution < 1.29 is 22.7 Å². The molecule has 1 amide bonds. The third-order valence-electron chi connectivity index (χ3n) is 6.60. The number of carbonyl (C=O) groups excluding carboxylic acids is 1. The van der Waals surface area contributed by atoms with Crippen molar-refractivity contribution in [2.24, 2.45) is 5.92 Å². The molecule has 34 heavy (non-hydrogen) atoms. The molecular formula is C25H33N3O5S. The average Bonchev–Trinajstić information content (AvgIpc) is 2.89. The number of hydrogen-bond acceptors (Lipinski definition) is 6. The van der Waals surface area contributed by atoms with E-state index in [1.165, 1.54) is 4.31 Å². The fourth-order valence-electron chi connectivity index (χ4n) is 4.60. The van der Waals surface area contributed by atoms with Crippen molar-refractivity contribution in [1.82, 2.24) is 9.21 Å². The maximum atomic E-state index is 13.1. The fourth-order valence-corrected chi connectivity index (χ4v) is 6.07. The topological polar surface area (TPSA) is 79.4 Å². The Balaban J connectivity index is 1.28. The van der Waals surface area contributed by atoms with Crippen LogP contribution in [0.3, 0.4) is 0 Å². The molecule has 2 saturated heterocycles. The van der Waals surface area contributed by atoms with E-state index in [9.17, 15) is 13.2 Å².